The SMILES string of the molecule is CCCOc1ccccc1C(=O)Nc1ccc(NC(=O)CC(C)C)cc1. The highest BCUT2D eigenvalue weighted by atomic mass is 16.5. The molecule has 0 saturated carbocycles. The van der Waals surface area contributed by atoms with Crippen molar-refractivity contribution in [1.29, 1.82) is 0 Å². The molecule has 5 nitrogen and oxygen atoms in total. The van der Waals surface area contributed by atoms with Crippen molar-refractivity contribution in [2.24, 2.45) is 5.92 Å². The van der Waals surface area contributed by atoms with Gasteiger partial charge in [0.05, 0.1) is 12.2 Å². The maximum atomic E-state index is 12.5. The molecule has 2 aromatic rings. The Bertz CT molecular complexity index is 739. The first kappa shape index (κ1) is 19.5. The molecule has 0 saturated heterocycles. The Morgan fingerprint density at radius 2 is 1.58 bits per heavy atom. The van der Waals surface area contributed by atoms with E-state index in [9.17, 15) is 9.59 Å². The van der Waals surface area contributed by atoms with Crippen molar-refractivity contribution in [2.75, 3.05) is 17.2 Å². The zero-order chi connectivity index (χ0) is 18.9. The zero-order valence-electron chi connectivity index (χ0n) is 15.5. The Labute approximate surface area is 154 Å². The van der Waals surface area contributed by atoms with E-state index in [4.69, 9.17) is 4.74 Å². The smallest absolute Gasteiger partial charge is 0.259 e. The van der Waals surface area contributed by atoms with Gasteiger partial charge in [0.2, 0.25) is 5.91 Å². The quantitative estimate of drug-likeness (QED) is 0.721. The molecule has 0 fully saturated rings. The monoisotopic (exact) mass is 354 g/mol. The lowest BCUT2D eigenvalue weighted by Gasteiger charge is -2.12. The van der Waals surface area contributed by atoms with Crippen LogP contribution in [0, 0.1) is 5.92 Å². The molecular weight excluding hydrogens is 328 g/mol. The van der Waals surface area contributed by atoms with E-state index in [1.807, 2.05) is 26.8 Å². The molecule has 2 rings (SSSR count). The Morgan fingerprint density at radius 3 is 2.19 bits per heavy atom. The topological polar surface area (TPSA) is 67.4 Å². The number of rotatable bonds is 8. The first-order valence-electron chi connectivity index (χ1n) is 8.92. The fraction of sp³-hybridized carbons (Fsp3) is 0.333. The van der Waals surface area contributed by atoms with Gasteiger partial charge in [0, 0.05) is 17.8 Å². The summed E-state index contributed by atoms with van der Waals surface area (Å²) in [5.74, 6) is 0.639. The summed E-state index contributed by atoms with van der Waals surface area (Å²) in [5, 5.41) is 5.70. The Kier molecular flexibility index (Phi) is 7.21. The van der Waals surface area contributed by atoms with E-state index in [1.54, 1.807) is 42.5 Å². The molecule has 0 aliphatic heterocycles. The van der Waals surface area contributed by atoms with Crippen LogP contribution in [0.25, 0.3) is 0 Å². The Hall–Kier alpha value is -2.82. The normalized spacial score (nSPS) is 10.5. The molecule has 0 spiro atoms. The van der Waals surface area contributed by atoms with Crippen molar-refractivity contribution < 1.29 is 14.3 Å². The summed E-state index contributed by atoms with van der Waals surface area (Å²) in [6.07, 6.45) is 1.35. The summed E-state index contributed by atoms with van der Waals surface area (Å²) < 4.78 is 5.63. The number of anilines is 2. The lowest BCUT2D eigenvalue weighted by Crippen LogP contribution is -2.15. The van der Waals surface area contributed by atoms with Crippen LogP contribution in [0.3, 0.4) is 0 Å². The van der Waals surface area contributed by atoms with Gasteiger partial charge in [0.1, 0.15) is 5.75 Å². The van der Waals surface area contributed by atoms with E-state index in [1.165, 1.54) is 0 Å². The average molecular weight is 354 g/mol. The van der Waals surface area contributed by atoms with Crippen molar-refractivity contribution in [3.63, 3.8) is 0 Å². The lowest BCUT2D eigenvalue weighted by atomic mass is 10.1. The third-order valence-electron chi connectivity index (χ3n) is 3.61. The second-order valence-corrected chi connectivity index (χ2v) is 6.52. The van der Waals surface area contributed by atoms with Crippen molar-refractivity contribution in [2.45, 2.75) is 33.6 Å². The molecule has 0 heterocycles. The Morgan fingerprint density at radius 1 is 0.962 bits per heavy atom. The minimum atomic E-state index is -0.228. The van der Waals surface area contributed by atoms with Gasteiger partial charge < -0.3 is 15.4 Å². The highest BCUT2D eigenvalue weighted by Gasteiger charge is 2.12. The second-order valence-electron chi connectivity index (χ2n) is 6.52. The number of para-hydroxylation sites is 1. The average Bonchev–Trinajstić information content (AvgIpc) is 2.61. The third-order valence-corrected chi connectivity index (χ3v) is 3.61. The van der Waals surface area contributed by atoms with E-state index >= 15 is 0 Å². The first-order valence-corrected chi connectivity index (χ1v) is 8.92. The van der Waals surface area contributed by atoms with Gasteiger partial charge in [-0.25, -0.2) is 0 Å². The minimum Gasteiger partial charge on any atom is -0.493 e. The van der Waals surface area contributed by atoms with E-state index in [-0.39, 0.29) is 11.8 Å². The zero-order valence-corrected chi connectivity index (χ0v) is 15.5. The number of nitrogens with one attached hydrogen (secondary N) is 2. The van der Waals surface area contributed by atoms with Gasteiger partial charge in [-0.05, 0) is 48.7 Å². The maximum Gasteiger partial charge on any atom is 0.259 e. The predicted molar refractivity (Wildman–Crippen MR) is 105 cm³/mol. The van der Waals surface area contributed by atoms with Crippen LogP contribution in [0.5, 0.6) is 5.75 Å². The van der Waals surface area contributed by atoms with Gasteiger partial charge >= 0.3 is 0 Å². The first-order chi connectivity index (χ1) is 12.5. The summed E-state index contributed by atoms with van der Waals surface area (Å²) in [5.41, 5.74) is 1.86. The van der Waals surface area contributed by atoms with Crippen LogP contribution in [0.2, 0.25) is 0 Å². The van der Waals surface area contributed by atoms with Crippen LogP contribution in [-0.4, -0.2) is 18.4 Å². The number of hydrogen-bond donors (Lipinski definition) is 2. The number of amides is 2. The van der Waals surface area contributed by atoms with Gasteiger partial charge in [0.15, 0.2) is 0 Å². The molecular formula is C21H26N2O3. The molecule has 0 aliphatic rings. The molecule has 0 aliphatic carbocycles. The minimum absolute atomic E-state index is 0.0150. The van der Waals surface area contributed by atoms with Crippen LogP contribution in [0.1, 0.15) is 44.0 Å². The summed E-state index contributed by atoms with van der Waals surface area (Å²) >= 11 is 0. The fourth-order valence-corrected chi connectivity index (χ4v) is 2.41. The van der Waals surface area contributed by atoms with Crippen LogP contribution in [-0.2, 0) is 4.79 Å². The van der Waals surface area contributed by atoms with Gasteiger partial charge in [-0.15, -0.1) is 0 Å². The molecule has 0 bridgehead atoms. The largest absolute Gasteiger partial charge is 0.493 e. The van der Waals surface area contributed by atoms with Gasteiger partial charge in [-0.3, -0.25) is 9.59 Å². The van der Waals surface area contributed by atoms with Crippen molar-refractivity contribution in [1.82, 2.24) is 0 Å². The highest BCUT2D eigenvalue weighted by molar-refractivity contribution is 6.06. The summed E-state index contributed by atoms with van der Waals surface area (Å²) in [6, 6.07) is 14.2. The molecule has 2 amide bonds. The number of ether oxygens (including phenoxy) is 1. The summed E-state index contributed by atoms with van der Waals surface area (Å²) in [4.78, 5) is 24.3. The van der Waals surface area contributed by atoms with Crippen LogP contribution in [0.15, 0.2) is 48.5 Å². The van der Waals surface area contributed by atoms with Crippen molar-refractivity contribution in [3.05, 3.63) is 54.1 Å². The molecule has 0 unspecified atom stereocenters. The molecule has 138 valence electrons. The summed E-state index contributed by atoms with van der Waals surface area (Å²) in [7, 11) is 0. The molecule has 2 N–H and O–H groups in total. The lowest BCUT2D eigenvalue weighted by molar-refractivity contribution is -0.116. The fourth-order valence-electron chi connectivity index (χ4n) is 2.41. The van der Waals surface area contributed by atoms with E-state index in [0.29, 0.717) is 41.6 Å². The van der Waals surface area contributed by atoms with Crippen LogP contribution in [0.4, 0.5) is 11.4 Å². The van der Waals surface area contributed by atoms with Crippen molar-refractivity contribution in [3.8, 4) is 5.75 Å². The number of benzene rings is 2. The molecule has 0 atom stereocenters. The van der Waals surface area contributed by atoms with Gasteiger partial charge in [0.25, 0.3) is 5.91 Å². The molecule has 0 aromatic heterocycles. The second kappa shape index (κ2) is 9.61. The highest BCUT2D eigenvalue weighted by Crippen LogP contribution is 2.21. The van der Waals surface area contributed by atoms with E-state index in [0.717, 1.165) is 6.42 Å². The number of carbonyl (C=O) groups excluding carboxylic acids is 2. The molecule has 5 heteroatoms. The number of hydrogen-bond acceptors (Lipinski definition) is 3. The number of carbonyl (C=O) groups is 2. The predicted octanol–water partition coefficient (Wildman–Crippen LogP) is 4.71. The molecule has 2 aromatic carbocycles. The Balaban J connectivity index is 2.00. The molecule has 26 heavy (non-hydrogen) atoms. The van der Waals surface area contributed by atoms with Gasteiger partial charge in [-0.2, -0.15) is 0 Å². The van der Waals surface area contributed by atoms with Gasteiger partial charge in [-0.1, -0.05) is 32.9 Å². The van der Waals surface area contributed by atoms with Crippen LogP contribution >= 0.6 is 0 Å². The third kappa shape index (κ3) is 5.92. The van der Waals surface area contributed by atoms with Crippen molar-refractivity contribution >= 4 is 23.2 Å². The maximum absolute atomic E-state index is 12.5. The van der Waals surface area contributed by atoms with Crippen LogP contribution < -0.4 is 15.4 Å². The van der Waals surface area contributed by atoms with E-state index in [2.05, 4.69) is 10.6 Å². The summed E-state index contributed by atoms with van der Waals surface area (Å²) in [6.45, 7) is 6.58. The van der Waals surface area contributed by atoms with E-state index < -0.39 is 0 Å². The standard InChI is InChI=1S/C21H26N2O3/c1-4-13-26-19-8-6-5-7-18(19)21(25)23-17-11-9-16(10-12-17)22-20(24)14-15(2)3/h5-12,15H,4,13-14H2,1-3H3,(H,22,24)(H,23,25). The molecule has 0 radical (unpaired) electrons.